The maximum atomic E-state index is 12.5. The number of amides is 2. The van der Waals surface area contributed by atoms with Crippen LogP contribution in [0.5, 0.6) is 17.2 Å². The zero-order chi connectivity index (χ0) is 22.1. The molecule has 1 fully saturated rings. The molecule has 0 radical (unpaired) electrons. The number of benzene rings is 2. The van der Waals surface area contributed by atoms with E-state index in [4.69, 9.17) is 14.2 Å². The summed E-state index contributed by atoms with van der Waals surface area (Å²) in [7, 11) is 1.62. The van der Waals surface area contributed by atoms with E-state index < -0.39 is 0 Å². The fraction of sp³-hybridized carbons (Fsp3) is 0.417. The molecule has 0 bridgehead atoms. The number of para-hydroxylation sites is 2. The summed E-state index contributed by atoms with van der Waals surface area (Å²) in [6, 6.07) is 14.9. The molecule has 0 aromatic heterocycles. The van der Waals surface area contributed by atoms with Crippen LogP contribution in [-0.4, -0.2) is 56.2 Å². The molecular weight excluding hydrogens is 396 g/mol. The van der Waals surface area contributed by atoms with E-state index in [-0.39, 0.29) is 24.5 Å². The van der Waals surface area contributed by atoms with Crippen molar-refractivity contribution in [2.24, 2.45) is 0 Å². The predicted octanol–water partition coefficient (Wildman–Crippen LogP) is 2.82. The Bertz CT molecular complexity index is 861. The molecule has 2 aromatic rings. The highest BCUT2D eigenvalue weighted by molar-refractivity contribution is 5.79. The fourth-order valence-corrected chi connectivity index (χ4v) is 3.56. The average molecular weight is 427 g/mol. The molecule has 1 heterocycles. The Morgan fingerprint density at radius 3 is 2.26 bits per heavy atom. The lowest BCUT2D eigenvalue weighted by Crippen LogP contribution is -2.48. The van der Waals surface area contributed by atoms with Crippen molar-refractivity contribution < 1.29 is 23.8 Å². The van der Waals surface area contributed by atoms with Crippen LogP contribution in [0.2, 0.25) is 0 Å². The summed E-state index contributed by atoms with van der Waals surface area (Å²) < 4.78 is 16.3. The Morgan fingerprint density at radius 1 is 1.00 bits per heavy atom. The summed E-state index contributed by atoms with van der Waals surface area (Å²) in [5.41, 5.74) is 0.940. The molecule has 1 aliphatic heterocycles. The molecule has 1 aliphatic rings. The van der Waals surface area contributed by atoms with E-state index in [1.165, 1.54) is 0 Å². The minimum Gasteiger partial charge on any atom is -0.497 e. The summed E-state index contributed by atoms with van der Waals surface area (Å²) in [4.78, 5) is 26.7. The Kier molecular flexibility index (Phi) is 8.15. The standard InChI is InChI=1S/C24H30N2O5/c1-3-30-21-6-4-5-7-22(21)31-17-24(28)26-14-12-19(13-15-26)25-23(27)16-18-8-10-20(29-2)11-9-18/h4-11,19H,3,12-17H2,1-2H3,(H,25,27). The molecule has 0 aliphatic carbocycles. The van der Waals surface area contributed by atoms with Gasteiger partial charge in [0, 0.05) is 19.1 Å². The van der Waals surface area contributed by atoms with E-state index in [1.54, 1.807) is 18.1 Å². The topological polar surface area (TPSA) is 77.1 Å². The zero-order valence-corrected chi connectivity index (χ0v) is 18.1. The summed E-state index contributed by atoms with van der Waals surface area (Å²) in [5, 5.41) is 3.08. The van der Waals surface area contributed by atoms with Gasteiger partial charge in [-0.1, -0.05) is 24.3 Å². The first-order chi connectivity index (χ1) is 15.1. The molecule has 7 heteroatoms. The van der Waals surface area contributed by atoms with Gasteiger partial charge in [0.05, 0.1) is 20.1 Å². The monoisotopic (exact) mass is 426 g/mol. The number of piperidine rings is 1. The third-order valence-corrected chi connectivity index (χ3v) is 5.24. The molecule has 2 aromatic carbocycles. The fourth-order valence-electron chi connectivity index (χ4n) is 3.56. The Morgan fingerprint density at radius 2 is 1.65 bits per heavy atom. The minimum atomic E-state index is -0.0608. The van der Waals surface area contributed by atoms with Gasteiger partial charge >= 0.3 is 0 Å². The van der Waals surface area contributed by atoms with E-state index >= 15 is 0 Å². The molecule has 7 nitrogen and oxygen atoms in total. The van der Waals surface area contributed by atoms with Crippen LogP contribution in [0, 0.1) is 0 Å². The van der Waals surface area contributed by atoms with Gasteiger partial charge in [-0.3, -0.25) is 9.59 Å². The van der Waals surface area contributed by atoms with Crippen molar-refractivity contribution in [3.63, 3.8) is 0 Å². The van der Waals surface area contributed by atoms with Crippen LogP contribution in [-0.2, 0) is 16.0 Å². The van der Waals surface area contributed by atoms with Gasteiger partial charge in [-0.05, 0) is 49.6 Å². The van der Waals surface area contributed by atoms with Crippen molar-refractivity contribution in [2.75, 3.05) is 33.4 Å². The zero-order valence-electron chi connectivity index (χ0n) is 18.1. The van der Waals surface area contributed by atoms with Crippen LogP contribution in [0.4, 0.5) is 0 Å². The third kappa shape index (κ3) is 6.64. The molecule has 0 atom stereocenters. The Hall–Kier alpha value is -3.22. The molecule has 0 unspecified atom stereocenters. The summed E-state index contributed by atoms with van der Waals surface area (Å²) >= 11 is 0. The molecule has 0 spiro atoms. The van der Waals surface area contributed by atoms with E-state index in [2.05, 4.69) is 5.32 Å². The molecule has 0 saturated carbocycles. The molecule has 1 N–H and O–H groups in total. The highest BCUT2D eigenvalue weighted by Gasteiger charge is 2.24. The van der Waals surface area contributed by atoms with Crippen molar-refractivity contribution in [3.8, 4) is 17.2 Å². The number of carbonyl (C=O) groups is 2. The number of methoxy groups -OCH3 is 1. The number of ether oxygens (including phenoxy) is 3. The molecule has 2 amide bonds. The van der Waals surface area contributed by atoms with Crippen molar-refractivity contribution in [1.29, 1.82) is 0 Å². The number of nitrogens with zero attached hydrogens (tertiary/aromatic N) is 1. The summed E-state index contributed by atoms with van der Waals surface area (Å²) in [6.07, 6.45) is 1.79. The van der Waals surface area contributed by atoms with Crippen molar-refractivity contribution >= 4 is 11.8 Å². The van der Waals surface area contributed by atoms with Crippen LogP contribution >= 0.6 is 0 Å². The first kappa shape index (κ1) is 22.5. The van der Waals surface area contributed by atoms with Gasteiger partial charge in [0.2, 0.25) is 5.91 Å². The molecule has 166 valence electrons. The summed E-state index contributed by atoms with van der Waals surface area (Å²) in [5.74, 6) is 1.90. The number of carbonyl (C=O) groups excluding carboxylic acids is 2. The Balaban J connectivity index is 1.40. The highest BCUT2D eigenvalue weighted by atomic mass is 16.5. The quantitative estimate of drug-likeness (QED) is 0.667. The number of nitrogens with one attached hydrogen (secondary N) is 1. The van der Waals surface area contributed by atoms with E-state index in [0.717, 1.165) is 24.2 Å². The van der Waals surface area contributed by atoms with Crippen LogP contribution in [0.25, 0.3) is 0 Å². The van der Waals surface area contributed by atoms with Gasteiger partial charge in [-0.25, -0.2) is 0 Å². The second-order valence-electron chi connectivity index (χ2n) is 7.42. The average Bonchev–Trinajstić information content (AvgIpc) is 2.79. The van der Waals surface area contributed by atoms with E-state index in [0.29, 0.717) is 37.6 Å². The predicted molar refractivity (Wildman–Crippen MR) is 118 cm³/mol. The van der Waals surface area contributed by atoms with Gasteiger partial charge in [0.25, 0.3) is 5.91 Å². The normalized spacial score (nSPS) is 14.1. The maximum absolute atomic E-state index is 12.5. The lowest BCUT2D eigenvalue weighted by atomic mass is 10.0. The molecule has 3 rings (SSSR count). The number of rotatable bonds is 9. The van der Waals surface area contributed by atoms with Gasteiger partial charge < -0.3 is 24.4 Å². The minimum absolute atomic E-state index is 0.00851. The first-order valence-corrected chi connectivity index (χ1v) is 10.6. The number of hydrogen-bond donors (Lipinski definition) is 1. The van der Waals surface area contributed by atoms with Gasteiger partial charge in [0.15, 0.2) is 18.1 Å². The van der Waals surface area contributed by atoms with Crippen molar-refractivity contribution in [1.82, 2.24) is 10.2 Å². The largest absolute Gasteiger partial charge is 0.497 e. The van der Waals surface area contributed by atoms with E-state index in [9.17, 15) is 9.59 Å². The smallest absolute Gasteiger partial charge is 0.260 e. The van der Waals surface area contributed by atoms with Crippen LogP contribution < -0.4 is 19.5 Å². The Labute approximate surface area is 183 Å². The van der Waals surface area contributed by atoms with Gasteiger partial charge in [0.1, 0.15) is 5.75 Å². The van der Waals surface area contributed by atoms with Crippen LogP contribution in [0.3, 0.4) is 0 Å². The SMILES string of the molecule is CCOc1ccccc1OCC(=O)N1CCC(NC(=O)Cc2ccc(OC)cc2)CC1. The third-order valence-electron chi connectivity index (χ3n) is 5.24. The van der Waals surface area contributed by atoms with Crippen LogP contribution in [0.1, 0.15) is 25.3 Å². The van der Waals surface area contributed by atoms with Gasteiger partial charge in [-0.15, -0.1) is 0 Å². The number of likely N-dealkylation sites (tertiary alicyclic amines) is 1. The second kappa shape index (κ2) is 11.2. The maximum Gasteiger partial charge on any atom is 0.260 e. The van der Waals surface area contributed by atoms with E-state index in [1.807, 2.05) is 49.4 Å². The van der Waals surface area contributed by atoms with Crippen LogP contribution in [0.15, 0.2) is 48.5 Å². The lowest BCUT2D eigenvalue weighted by Gasteiger charge is -2.32. The first-order valence-electron chi connectivity index (χ1n) is 10.6. The molecule has 31 heavy (non-hydrogen) atoms. The van der Waals surface area contributed by atoms with Crippen molar-refractivity contribution in [2.45, 2.75) is 32.2 Å². The summed E-state index contributed by atoms with van der Waals surface area (Å²) in [6.45, 7) is 3.61. The highest BCUT2D eigenvalue weighted by Crippen LogP contribution is 2.26. The van der Waals surface area contributed by atoms with Crippen molar-refractivity contribution in [3.05, 3.63) is 54.1 Å². The van der Waals surface area contributed by atoms with Gasteiger partial charge in [-0.2, -0.15) is 0 Å². The number of hydrogen-bond acceptors (Lipinski definition) is 5. The molecule has 1 saturated heterocycles. The molecular formula is C24H30N2O5. The second-order valence-corrected chi connectivity index (χ2v) is 7.42. The lowest BCUT2D eigenvalue weighted by molar-refractivity contribution is -0.134.